The molecule has 330 valence electrons. The van der Waals surface area contributed by atoms with Crippen molar-refractivity contribution in [2.75, 3.05) is 13.7 Å². The number of nitrogens with one attached hydrogen (secondary N) is 1. The number of carbonyl (C=O) groups excluding carboxylic acids is 1. The molecule has 11 rings (SSSR count). The highest BCUT2D eigenvalue weighted by molar-refractivity contribution is 5.90. The summed E-state index contributed by atoms with van der Waals surface area (Å²) in [7, 11) is 1.57. The summed E-state index contributed by atoms with van der Waals surface area (Å²) in [5.41, 5.74) is 13.9. The number of rotatable bonds is 9. The smallest absolute Gasteiger partial charge is 0.317 e. The minimum atomic E-state index is -2.46. The van der Waals surface area contributed by atoms with Gasteiger partial charge < -0.3 is 74.6 Å². The Morgan fingerprint density at radius 3 is 2.62 bits per heavy atom. The van der Waals surface area contributed by atoms with E-state index in [4.69, 9.17) is 44.6 Å². The van der Waals surface area contributed by atoms with Crippen LogP contribution in [0.15, 0.2) is 73.2 Å². The Morgan fingerprint density at radius 1 is 1.03 bits per heavy atom. The molecule has 2 aromatic heterocycles. The van der Waals surface area contributed by atoms with E-state index in [1.807, 2.05) is 71.7 Å². The third kappa shape index (κ3) is 6.94. The first kappa shape index (κ1) is 41.3. The van der Waals surface area contributed by atoms with Crippen LogP contribution in [0.1, 0.15) is 65.0 Å². The maximum Gasteiger partial charge on any atom is 0.317 e. The molecule has 5 aromatic rings. The highest BCUT2D eigenvalue weighted by Gasteiger charge is 2.60. The number of ether oxygens (including phenoxy) is 7. The monoisotopic (exact) mass is 872 g/mol. The van der Waals surface area contributed by atoms with Gasteiger partial charge >= 0.3 is 11.9 Å². The van der Waals surface area contributed by atoms with Gasteiger partial charge in [0.15, 0.2) is 17.6 Å². The topological polar surface area (TPSA) is 252 Å². The molecule has 10 atom stereocenters. The Labute approximate surface area is 365 Å². The number of H-pyrrole nitrogens is 1. The number of carboxylic acids is 1. The van der Waals surface area contributed by atoms with Crippen LogP contribution in [-0.2, 0) is 25.6 Å². The molecule has 10 unspecified atom stereocenters. The van der Waals surface area contributed by atoms with Crippen LogP contribution in [0.5, 0.6) is 28.7 Å². The predicted molar refractivity (Wildman–Crippen MR) is 224 cm³/mol. The summed E-state index contributed by atoms with van der Waals surface area (Å²) in [6, 6.07) is 17.3. The van der Waals surface area contributed by atoms with Crippen molar-refractivity contribution in [2.24, 2.45) is 11.5 Å². The number of carboxylic acid groups (broad SMARTS) is 1. The van der Waals surface area contributed by atoms with Gasteiger partial charge in [-0.2, -0.15) is 0 Å². The maximum atomic E-state index is 12.6. The third-order valence-electron chi connectivity index (χ3n) is 12.5. The number of hydrogen-bond acceptors (Lipinski definition) is 14. The first-order chi connectivity index (χ1) is 30.9. The summed E-state index contributed by atoms with van der Waals surface area (Å²) in [4.78, 5) is 27.2. The molecule has 9 N–H and O–H groups in total. The van der Waals surface area contributed by atoms with Crippen molar-refractivity contribution in [2.45, 2.75) is 92.3 Å². The second kappa shape index (κ2) is 16.1. The first-order valence-electron chi connectivity index (χ1n) is 20.8. The number of aliphatic hydroxyl groups is 3. The third-order valence-corrected chi connectivity index (χ3v) is 12.5. The lowest BCUT2D eigenvalue weighted by atomic mass is 9.75. The van der Waals surface area contributed by atoms with Gasteiger partial charge in [-0.1, -0.05) is 60.1 Å². The Morgan fingerprint density at radius 2 is 1.86 bits per heavy atom. The van der Waals surface area contributed by atoms with E-state index in [0.29, 0.717) is 46.1 Å². The van der Waals surface area contributed by atoms with Crippen LogP contribution in [-0.4, -0.2) is 104 Å². The average Bonchev–Trinajstić information content (AvgIpc) is 3.99. The van der Waals surface area contributed by atoms with E-state index in [2.05, 4.69) is 28.7 Å². The fourth-order valence-electron chi connectivity index (χ4n) is 9.55. The number of hydrogen-bond donors (Lipinski definition) is 7. The van der Waals surface area contributed by atoms with Crippen molar-refractivity contribution >= 4 is 22.8 Å². The molecule has 0 radical (unpaired) electrons. The van der Waals surface area contributed by atoms with Gasteiger partial charge in [-0.3, -0.25) is 9.59 Å². The van der Waals surface area contributed by atoms with Crippen molar-refractivity contribution < 1.29 is 63.2 Å². The highest BCUT2D eigenvalue weighted by atomic mass is 16.7. The minimum absolute atomic E-state index is 0.0830. The summed E-state index contributed by atoms with van der Waals surface area (Å²) in [6.45, 7) is 0.499. The molecule has 17 heteroatoms. The zero-order valence-electron chi connectivity index (χ0n) is 34.3. The van der Waals surface area contributed by atoms with E-state index >= 15 is 0 Å². The molecule has 64 heavy (non-hydrogen) atoms. The Bertz CT molecular complexity index is 2750. The van der Waals surface area contributed by atoms with Gasteiger partial charge in [0.1, 0.15) is 54.0 Å². The summed E-state index contributed by atoms with van der Waals surface area (Å²) < 4.78 is 46.5. The molecule has 6 aliphatic rings. The quantitative estimate of drug-likeness (QED) is 0.0487. The highest BCUT2D eigenvalue weighted by Crippen LogP contribution is 2.61. The molecule has 1 fully saturated rings. The lowest BCUT2D eigenvalue weighted by Gasteiger charge is -2.50. The van der Waals surface area contributed by atoms with Gasteiger partial charge in [0.2, 0.25) is 12.0 Å². The zero-order valence-corrected chi connectivity index (χ0v) is 34.3. The van der Waals surface area contributed by atoms with Crippen molar-refractivity contribution in [1.82, 2.24) is 9.55 Å². The van der Waals surface area contributed by atoms with Crippen LogP contribution >= 0.6 is 0 Å². The van der Waals surface area contributed by atoms with Gasteiger partial charge in [0, 0.05) is 66.1 Å². The van der Waals surface area contributed by atoms with E-state index < -0.39 is 91.3 Å². The molecule has 6 aliphatic heterocycles. The summed E-state index contributed by atoms with van der Waals surface area (Å²) in [5, 5.41) is 45.5. The predicted octanol–water partition coefficient (Wildman–Crippen LogP) is 2.52. The average molecular weight is 873 g/mol. The largest absolute Gasteiger partial charge is 0.493 e. The molecular formula is C47H44N4O13. The van der Waals surface area contributed by atoms with E-state index in [1.165, 1.54) is 0 Å². The number of aromatic nitrogens is 2. The van der Waals surface area contributed by atoms with Gasteiger partial charge in [-0.25, -0.2) is 0 Å². The molecule has 6 bridgehead atoms. The number of esters is 1. The van der Waals surface area contributed by atoms with E-state index in [0.717, 1.165) is 22.0 Å². The van der Waals surface area contributed by atoms with Crippen molar-refractivity contribution in [3.05, 3.63) is 101 Å². The molecule has 8 heterocycles. The Hall–Kier alpha value is -6.70. The number of fused-ring (bicyclic) bond motifs is 6. The maximum absolute atomic E-state index is 12.6. The number of carbonyl (C=O) groups is 2. The molecule has 0 aliphatic carbocycles. The fraction of sp³-hybridized carbons (Fsp3) is 0.362. The summed E-state index contributed by atoms with van der Waals surface area (Å²) in [5.74, 6) is 11.3. The number of benzene rings is 3. The van der Waals surface area contributed by atoms with Crippen LogP contribution < -0.4 is 35.2 Å². The number of nitrogens with two attached hydrogens (primary N) is 2. The van der Waals surface area contributed by atoms with E-state index in [-0.39, 0.29) is 18.9 Å². The molecular weight excluding hydrogens is 829 g/mol. The first-order valence-corrected chi connectivity index (χ1v) is 20.8. The van der Waals surface area contributed by atoms with Crippen LogP contribution in [0.2, 0.25) is 0 Å². The molecule has 0 spiro atoms. The van der Waals surface area contributed by atoms with Crippen molar-refractivity contribution in [3.63, 3.8) is 0 Å². The SMILES string of the molecule is COc1ccc2c3c1OCCC#CC(c1ccccc1)C1Oc4cc5c(c(Cn6cc7cc[nH]c7c6)c4C(O3)C21)C#CCC1(O)C(O)C(O)C(O5)OC1C(OC(=O)CC(=O)O)C(N)N. The lowest BCUT2D eigenvalue weighted by Crippen LogP contribution is -2.72. The number of nitrogens with zero attached hydrogens (tertiary/aromatic N) is 1. The van der Waals surface area contributed by atoms with Crippen LogP contribution in [0.4, 0.5) is 0 Å². The van der Waals surface area contributed by atoms with Gasteiger partial charge in [-0.05, 0) is 17.7 Å². The van der Waals surface area contributed by atoms with Crippen LogP contribution in [0, 0.1) is 23.7 Å². The molecule has 0 amide bonds. The van der Waals surface area contributed by atoms with Gasteiger partial charge in [-0.15, -0.1) is 0 Å². The molecule has 3 aromatic carbocycles. The number of aliphatic hydroxyl groups excluding tert-OH is 2. The fourth-order valence-corrected chi connectivity index (χ4v) is 9.55. The second-order valence-electron chi connectivity index (χ2n) is 16.4. The van der Waals surface area contributed by atoms with Gasteiger partial charge in [0.05, 0.1) is 42.8 Å². The Balaban J connectivity index is 1.17. The van der Waals surface area contributed by atoms with E-state index in [9.17, 15) is 30.0 Å². The van der Waals surface area contributed by atoms with Crippen LogP contribution in [0.3, 0.4) is 0 Å². The number of aliphatic carboxylic acids is 1. The van der Waals surface area contributed by atoms with Crippen molar-refractivity contribution in [3.8, 4) is 52.4 Å². The second-order valence-corrected chi connectivity index (χ2v) is 16.4. The minimum Gasteiger partial charge on any atom is -0.493 e. The zero-order chi connectivity index (χ0) is 44.4. The van der Waals surface area contributed by atoms with Crippen LogP contribution in [0.25, 0.3) is 10.9 Å². The van der Waals surface area contributed by atoms with E-state index in [1.54, 1.807) is 13.2 Å². The molecule has 1 saturated heterocycles. The summed E-state index contributed by atoms with van der Waals surface area (Å²) >= 11 is 0. The summed E-state index contributed by atoms with van der Waals surface area (Å²) in [6.07, 6.45) is -7.42. The Kier molecular flexibility index (Phi) is 10.4. The standard InChI is InChI=1S/C47H44N4O13/c1-58-30-13-12-27-36-38-25(23-8-3-2-4-9-23)10-5-6-17-59-40(30)39(27)63-41(36)35-28(21-51-20-24-14-16-50-29(24)22-51)26-11-7-15-47(57)43(56)37(55)46(61-31(26)18-32(35)60-38)64-44(47)42(45(48)49)62-34(54)19-33(52)53/h2-4,8-9,12-14,16,18,20,22,25,36-38,41-46,50,55-57H,6,15,17,19,21,48-49H2,1H3,(H,52,53). The van der Waals surface area contributed by atoms with Gasteiger partial charge in [0.25, 0.3) is 0 Å². The van der Waals surface area contributed by atoms with Crippen molar-refractivity contribution in [1.29, 1.82) is 0 Å². The molecule has 0 saturated carbocycles. The number of aromatic amines is 1. The normalized spacial score (nSPS) is 27.6. The molecule has 17 nitrogen and oxygen atoms in total. The number of methoxy groups -OCH3 is 1. The lowest BCUT2D eigenvalue weighted by molar-refractivity contribution is -0.324.